The van der Waals surface area contributed by atoms with Crippen LogP contribution < -0.4 is 10.1 Å². The lowest BCUT2D eigenvalue weighted by atomic mass is 9.97. The maximum absolute atomic E-state index is 11.3. The fourth-order valence-corrected chi connectivity index (χ4v) is 2.84. The van der Waals surface area contributed by atoms with E-state index in [0.29, 0.717) is 12.3 Å². The van der Waals surface area contributed by atoms with Gasteiger partial charge in [0, 0.05) is 6.26 Å². The van der Waals surface area contributed by atoms with Gasteiger partial charge >= 0.3 is 0 Å². The zero-order chi connectivity index (χ0) is 14.3. The topological polar surface area (TPSA) is 55.4 Å². The summed E-state index contributed by atoms with van der Waals surface area (Å²) in [6, 6.07) is 7.92. The predicted octanol–water partition coefficient (Wildman–Crippen LogP) is 1.51. The zero-order valence-electron chi connectivity index (χ0n) is 11.8. The Morgan fingerprint density at radius 3 is 2.68 bits per heavy atom. The molecule has 1 unspecified atom stereocenters. The molecule has 1 aromatic rings. The van der Waals surface area contributed by atoms with Crippen molar-refractivity contribution in [3.8, 4) is 5.75 Å². The van der Waals surface area contributed by atoms with Crippen LogP contribution in [0.15, 0.2) is 24.3 Å². The highest BCUT2D eigenvalue weighted by molar-refractivity contribution is 7.90. The second kappa shape index (κ2) is 7.50. The molecule has 1 N–H and O–H groups in total. The predicted molar refractivity (Wildman–Crippen MR) is 78.4 cm³/mol. The summed E-state index contributed by atoms with van der Waals surface area (Å²) in [6.07, 6.45) is 2.82. The lowest BCUT2D eigenvalue weighted by Gasteiger charge is -2.16. The van der Waals surface area contributed by atoms with Crippen molar-refractivity contribution in [1.82, 2.24) is 5.32 Å². The third-order valence-electron chi connectivity index (χ3n) is 3.05. The average molecular weight is 285 g/mol. The van der Waals surface area contributed by atoms with Crippen LogP contribution in [0.4, 0.5) is 0 Å². The number of benzene rings is 1. The SMILES string of the molecule is CNCC(CCS(C)(=O)=O)Cc1cccc(OC)c1. The summed E-state index contributed by atoms with van der Waals surface area (Å²) in [5.74, 6) is 1.39. The number of hydrogen-bond acceptors (Lipinski definition) is 4. The number of ether oxygens (including phenoxy) is 1. The monoisotopic (exact) mass is 285 g/mol. The molecule has 0 spiro atoms. The van der Waals surface area contributed by atoms with Gasteiger partial charge in [-0.15, -0.1) is 0 Å². The molecule has 0 radical (unpaired) electrons. The Labute approximate surface area is 116 Å². The van der Waals surface area contributed by atoms with Gasteiger partial charge in [0.25, 0.3) is 0 Å². The second-order valence-corrected chi connectivity index (χ2v) is 7.16. The Morgan fingerprint density at radius 1 is 1.37 bits per heavy atom. The van der Waals surface area contributed by atoms with Crippen molar-refractivity contribution in [3.63, 3.8) is 0 Å². The molecule has 1 atom stereocenters. The molecular formula is C14H23NO3S. The molecule has 0 fully saturated rings. The normalized spacial score (nSPS) is 13.2. The molecule has 1 rings (SSSR count). The lowest BCUT2D eigenvalue weighted by Crippen LogP contribution is -2.23. The lowest BCUT2D eigenvalue weighted by molar-refractivity contribution is 0.413. The van der Waals surface area contributed by atoms with Gasteiger partial charge in [-0.2, -0.15) is 0 Å². The maximum atomic E-state index is 11.3. The first-order valence-corrected chi connectivity index (χ1v) is 8.46. The number of methoxy groups -OCH3 is 1. The van der Waals surface area contributed by atoms with Crippen LogP contribution in [0, 0.1) is 5.92 Å². The molecule has 0 aliphatic heterocycles. The largest absolute Gasteiger partial charge is 0.497 e. The number of sulfone groups is 1. The van der Waals surface area contributed by atoms with E-state index >= 15 is 0 Å². The van der Waals surface area contributed by atoms with Crippen molar-refractivity contribution in [1.29, 1.82) is 0 Å². The fraction of sp³-hybridized carbons (Fsp3) is 0.571. The van der Waals surface area contributed by atoms with E-state index in [1.54, 1.807) is 7.11 Å². The van der Waals surface area contributed by atoms with Gasteiger partial charge in [-0.25, -0.2) is 8.42 Å². The summed E-state index contributed by atoms with van der Waals surface area (Å²) >= 11 is 0. The number of rotatable bonds is 8. The first-order chi connectivity index (χ1) is 8.94. The molecule has 4 nitrogen and oxygen atoms in total. The van der Waals surface area contributed by atoms with Crippen LogP contribution in [-0.2, 0) is 16.3 Å². The molecule has 19 heavy (non-hydrogen) atoms. The van der Waals surface area contributed by atoms with Crippen molar-refractivity contribution in [2.24, 2.45) is 5.92 Å². The molecule has 5 heteroatoms. The van der Waals surface area contributed by atoms with Gasteiger partial charge in [0.05, 0.1) is 12.9 Å². The van der Waals surface area contributed by atoms with Gasteiger partial charge < -0.3 is 10.1 Å². The molecular weight excluding hydrogens is 262 g/mol. The molecule has 0 saturated carbocycles. The van der Waals surface area contributed by atoms with Gasteiger partial charge in [-0.3, -0.25) is 0 Å². The van der Waals surface area contributed by atoms with Crippen LogP contribution in [0.5, 0.6) is 5.75 Å². The van der Waals surface area contributed by atoms with Crippen molar-refractivity contribution >= 4 is 9.84 Å². The highest BCUT2D eigenvalue weighted by Gasteiger charge is 2.13. The van der Waals surface area contributed by atoms with Crippen molar-refractivity contribution in [2.45, 2.75) is 12.8 Å². The summed E-state index contributed by atoms with van der Waals surface area (Å²) in [5.41, 5.74) is 1.17. The van der Waals surface area contributed by atoms with Crippen LogP contribution in [0.1, 0.15) is 12.0 Å². The third kappa shape index (κ3) is 6.59. The molecule has 0 aliphatic carbocycles. The molecule has 1 aromatic carbocycles. The maximum Gasteiger partial charge on any atom is 0.147 e. The Balaban J connectivity index is 2.66. The first kappa shape index (κ1) is 16.0. The minimum Gasteiger partial charge on any atom is -0.497 e. The van der Waals surface area contributed by atoms with Crippen LogP contribution in [0.25, 0.3) is 0 Å². The van der Waals surface area contributed by atoms with Crippen molar-refractivity contribution < 1.29 is 13.2 Å². The van der Waals surface area contributed by atoms with Gasteiger partial charge in [0.2, 0.25) is 0 Å². The highest BCUT2D eigenvalue weighted by atomic mass is 32.2. The van der Waals surface area contributed by atoms with E-state index < -0.39 is 9.84 Å². The van der Waals surface area contributed by atoms with E-state index in [9.17, 15) is 8.42 Å². The molecule has 108 valence electrons. The van der Waals surface area contributed by atoms with E-state index in [1.165, 1.54) is 11.8 Å². The van der Waals surface area contributed by atoms with Crippen LogP contribution in [0.3, 0.4) is 0 Å². The minimum atomic E-state index is -2.90. The summed E-state index contributed by atoms with van der Waals surface area (Å²) in [4.78, 5) is 0. The Kier molecular flexibility index (Phi) is 6.31. The van der Waals surface area contributed by atoms with E-state index in [2.05, 4.69) is 5.32 Å². The summed E-state index contributed by atoms with van der Waals surface area (Å²) in [6.45, 7) is 0.812. The molecule has 0 saturated heterocycles. The minimum absolute atomic E-state index is 0.239. The highest BCUT2D eigenvalue weighted by Crippen LogP contribution is 2.18. The standard InChI is InChI=1S/C14H23NO3S/c1-15-11-13(7-8-19(3,16)17)9-12-5-4-6-14(10-12)18-2/h4-6,10,13,15H,7-9,11H2,1-3H3. The van der Waals surface area contributed by atoms with E-state index in [-0.39, 0.29) is 5.75 Å². The fourth-order valence-electron chi connectivity index (χ4n) is 2.08. The Hall–Kier alpha value is -1.07. The summed E-state index contributed by atoms with van der Waals surface area (Å²) < 4.78 is 27.7. The smallest absolute Gasteiger partial charge is 0.147 e. The van der Waals surface area contributed by atoms with E-state index in [4.69, 9.17) is 4.74 Å². The first-order valence-electron chi connectivity index (χ1n) is 6.40. The van der Waals surface area contributed by atoms with Gasteiger partial charge in [-0.1, -0.05) is 12.1 Å². The number of hydrogen-bond donors (Lipinski definition) is 1. The number of nitrogens with one attached hydrogen (secondary N) is 1. The zero-order valence-corrected chi connectivity index (χ0v) is 12.7. The van der Waals surface area contributed by atoms with Gasteiger partial charge in [0.1, 0.15) is 15.6 Å². The molecule has 0 bridgehead atoms. The average Bonchev–Trinajstić information content (AvgIpc) is 2.35. The van der Waals surface area contributed by atoms with Crippen LogP contribution in [-0.4, -0.2) is 41.1 Å². The van der Waals surface area contributed by atoms with Gasteiger partial charge in [-0.05, 0) is 50.0 Å². The molecule has 0 amide bonds. The molecule has 0 aliphatic rings. The van der Waals surface area contributed by atoms with Gasteiger partial charge in [0.15, 0.2) is 0 Å². The third-order valence-corrected chi connectivity index (χ3v) is 4.03. The van der Waals surface area contributed by atoms with E-state index in [1.807, 2.05) is 31.3 Å². The molecule has 0 aromatic heterocycles. The molecule has 0 heterocycles. The summed E-state index contributed by atoms with van der Waals surface area (Å²) in [5, 5.41) is 3.13. The van der Waals surface area contributed by atoms with Crippen molar-refractivity contribution in [3.05, 3.63) is 29.8 Å². The Morgan fingerprint density at radius 2 is 2.11 bits per heavy atom. The van der Waals surface area contributed by atoms with Crippen LogP contribution >= 0.6 is 0 Å². The Bertz CT molecular complexity index is 485. The van der Waals surface area contributed by atoms with Crippen molar-refractivity contribution in [2.75, 3.05) is 32.7 Å². The van der Waals surface area contributed by atoms with E-state index in [0.717, 1.165) is 18.7 Å². The quantitative estimate of drug-likeness (QED) is 0.786. The van der Waals surface area contributed by atoms with Crippen LogP contribution in [0.2, 0.25) is 0 Å². The second-order valence-electron chi connectivity index (χ2n) is 4.90. The summed E-state index contributed by atoms with van der Waals surface area (Å²) in [7, 11) is 0.640.